The van der Waals surface area contributed by atoms with Gasteiger partial charge in [0, 0.05) is 12.2 Å². The lowest BCUT2D eigenvalue weighted by Gasteiger charge is -2.36. The number of amides is 1. The summed E-state index contributed by atoms with van der Waals surface area (Å²) in [5.74, 6) is 0. The molecule has 0 radical (unpaired) electrons. The summed E-state index contributed by atoms with van der Waals surface area (Å²) in [4.78, 5) is 11.2. The zero-order valence-corrected chi connectivity index (χ0v) is 7.66. The molecule has 0 bridgehead atoms. The molecule has 2 rings (SSSR count). The van der Waals surface area contributed by atoms with Gasteiger partial charge in [-0.15, -0.1) is 0 Å². The summed E-state index contributed by atoms with van der Waals surface area (Å²) in [6.45, 7) is 6.02. The third kappa shape index (κ3) is 1.48. The molecule has 2 saturated heterocycles. The van der Waals surface area contributed by atoms with Crippen molar-refractivity contribution in [3.8, 4) is 0 Å². The van der Waals surface area contributed by atoms with Crippen molar-refractivity contribution in [3.05, 3.63) is 12.3 Å². The van der Waals surface area contributed by atoms with Crippen LogP contribution in [-0.2, 0) is 4.74 Å². The molecule has 0 N–H and O–H groups in total. The third-order valence-corrected chi connectivity index (χ3v) is 2.48. The van der Waals surface area contributed by atoms with E-state index in [0.29, 0.717) is 13.2 Å². The van der Waals surface area contributed by atoms with Crippen molar-refractivity contribution in [2.45, 2.75) is 19.3 Å². The van der Waals surface area contributed by atoms with Crippen LogP contribution in [0.5, 0.6) is 0 Å². The van der Waals surface area contributed by atoms with Crippen LogP contribution in [0.4, 0.5) is 4.79 Å². The Kier molecular flexibility index (Phi) is 2.12. The van der Waals surface area contributed by atoms with Crippen LogP contribution in [0, 0.1) is 0 Å². The van der Waals surface area contributed by atoms with Crippen LogP contribution in [-0.4, -0.2) is 35.8 Å². The second-order valence-corrected chi connectivity index (χ2v) is 3.38. The second kappa shape index (κ2) is 3.28. The predicted octanol–water partition coefficient (Wildman–Crippen LogP) is 1.35. The highest BCUT2D eigenvalue weighted by molar-refractivity contribution is 5.68. The second-order valence-electron chi connectivity index (χ2n) is 3.38. The molecular formula is C9H14N2O2. The molecular weight excluding hydrogens is 168 g/mol. The summed E-state index contributed by atoms with van der Waals surface area (Å²) in [6.07, 6.45) is 3.06. The minimum Gasteiger partial charge on any atom is -0.446 e. The smallest absolute Gasteiger partial charge is 0.428 e. The third-order valence-electron chi connectivity index (χ3n) is 2.48. The van der Waals surface area contributed by atoms with Crippen LogP contribution in [0.3, 0.4) is 0 Å². The fourth-order valence-electron chi connectivity index (χ4n) is 1.77. The fourth-order valence-corrected chi connectivity index (χ4v) is 1.77. The number of carbonyl (C=O) groups excluding carboxylic acids is 1. The van der Waals surface area contributed by atoms with Gasteiger partial charge < -0.3 is 4.74 Å². The maximum atomic E-state index is 11.2. The average molecular weight is 182 g/mol. The number of hydrogen-bond acceptors (Lipinski definition) is 3. The van der Waals surface area contributed by atoms with Gasteiger partial charge in [0.1, 0.15) is 6.61 Å². The van der Waals surface area contributed by atoms with Gasteiger partial charge >= 0.3 is 6.09 Å². The highest BCUT2D eigenvalue weighted by Crippen LogP contribution is 2.22. The highest BCUT2D eigenvalue weighted by Gasteiger charge is 2.29. The Hall–Kier alpha value is -1.19. The molecule has 0 aliphatic carbocycles. The molecule has 13 heavy (non-hydrogen) atoms. The number of carbonyl (C=O) groups is 1. The van der Waals surface area contributed by atoms with Crippen LogP contribution in [0.25, 0.3) is 0 Å². The molecule has 0 aromatic carbocycles. The van der Waals surface area contributed by atoms with Gasteiger partial charge in [-0.1, -0.05) is 6.58 Å². The summed E-state index contributed by atoms with van der Waals surface area (Å²) in [7, 11) is 0. The number of nitrogens with zero attached hydrogens (tertiary/aromatic N) is 2. The van der Waals surface area contributed by atoms with Crippen molar-refractivity contribution < 1.29 is 9.53 Å². The van der Waals surface area contributed by atoms with Crippen molar-refractivity contribution in [3.63, 3.8) is 0 Å². The molecule has 0 spiro atoms. The lowest BCUT2D eigenvalue weighted by molar-refractivity contribution is 0.0408. The normalized spacial score (nSPS) is 23.7. The minimum absolute atomic E-state index is 0.233. The summed E-state index contributed by atoms with van der Waals surface area (Å²) in [5, 5.41) is 3.61. The molecule has 1 amide bonds. The highest BCUT2D eigenvalue weighted by atomic mass is 16.6. The van der Waals surface area contributed by atoms with E-state index in [4.69, 9.17) is 4.74 Å². The van der Waals surface area contributed by atoms with Gasteiger partial charge in [0.25, 0.3) is 0 Å². The Morgan fingerprint density at radius 3 is 2.69 bits per heavy atom. The van der Waals surface area contributed by atoms with E-state index in [-0.39, 0.29) is 6.09 Å². The molecule has 0 atom stereocenters. The molecule has 0 saturated carbocycles. The minimum atomic E-state index is -0.233. The van der Waals surface area contributed by atoms with E-state index in [9.17, 15) is 4.79 Å². The van der Waals surface area contributed by atoms with Crippen molar-refractivity contribution in [2.24, 2.45) is 0 Å². The van der Waals surface area contributed by atoms with Crippen LogP contribution in [0.1, 0.15) is 19.3 Å². The number of allylic oxidation sites excluding steroid dienone is 1. The van der Waals surface area contributed by atoms with Crippen molar-refractivity contribution in [2.75, 3.05) is 19.7 Å². The molecule has 0 unspecified atom stereocenters. The van der Waals surface area contributed by atoms with E-state index in [1.165, 1.54) is 6.42 Å². The molecule has 2 aliphatic rings. The Labute approximate surface area is 77.7 Å². The zero-order valence-electron chi connectivity index (χ0n) is 7.66. The summed E-state index contributed by atoms with van der Waals surface area (Å²) >= 11 is 0. The standard InChI is InChI=1S/C9H14N2O2/c1-8-4-2-3-5-10(8)11-6-7-13-9(11)12/h1-7H2. The Morgan fingerprint density at radius 2 is 2.08 bits per heavy atom. The first-order valence-electron chi connectivity index (χ1n) is 4.68. The van der Waals surface area contributed by atoms with Gasteiger partial charge in [-0.3, -0.25) is 5.01 Å². The van der Waals surface area contributed by atoms with Gasteiger partial charge in [0.05, 0.1) is 6.54 Å². The topological polar surface area (TPSA) is 32.8 Å². The van der Waals surface area contributed by atoms with Gasteiger partial charge in [-0.25, -0.2) is 9.80 Å². The number of ether oxygens (including phenoxy) is 1. The summed E-state index contributed by atoms with van der Waals surface area (Å²) in [6, 6.07) is 0. The summed E-state index contributed by atoms with van der Waals surface area (Å²) < 4.78 is 4.87. The van der Waals surface area contributed by atoms with E-state index in [1.54, 1.807) is 5.01 Å². The molecule has 0 aromatic rings. The number of cyclic esters (lactones) is 1. The lowest BCUT2D eigenvalue weighted by atomic mass is 10.1. The number of hydrogen-bond donors (Lipinski definition) is 0. The van der Waals surface area contributed by atoms with Crippen molar-refractivity contribution in [1.29, 1.82) is 0 Å². The average Bonchev–Trinajstić information content (AvgIpc) is 2.52. The first-order valence-corrected chi connectivity index (χ1v) is 4.68. The van der Waals surface area contributed by atoms with Crippen molar-refractivity contribution >= 4 is 6.09 Å². The number of rotatable bonds is 1. The Balaban J connectivity index is 2.05. The van der Waals surface area contributed by atoms with E-state index in [0.717, 1.165) is 25.1 Å². The first-order chi connectivity index (χ1) is 6.29. The number of piperidine rings is 1. The molecule has 4 nitrogen and oxygen atoms in total. The fraction of sp³-hybridized carbons (Fsp3) is 0.667. The van der Waals surface area contributed by atoms with Gasteiger partial charge in [-0.2, -0.15) is 0 Å². The quantitative estimate of drug-likeness (QED) is 0.613. The van der Waals surface area contributed by atoms with Crippen LogP contribution in [0.2, 0.25) is 0 Å². The predicted molar refractivity (Wildman–Crippen MR) is 47.8 cm³/mol. The van der Waals surface area contributed by atoms with Crippen LogP contribution in [0.15, 0.2) is 12.3 Å². The molecule has 4 heteroatoms. The van der Waals surface area contributed by atoms with Crippen LogP contribution >= 0.6 is 0 Å². The Morgan fingerprint density at radius 1 is 1.23 bits per heavy atom. The van der Waals surface area contributed by atoms with Crippen molar-refractivity contribution in [1.82, 2.24) is 10.0 Å². The number of hydrazine groups is 1. The maximum absolute atomic E-state index is 11.2. The van der Waals surface area contributed by atoms with Crippen LogP contribution < -0.4 is 0 Å². The zero-order chi connectivity index (χ0) is 9.26. The molecule has 72 valence electrons. The lowest BCUT2D eigenvalue weighted by Crippen LogP contribution is -2.44. The van der Waals surface area contributed by atoms with E-state index in [1.807, 2.05) is 5.01 Å². The van der Waals surface area contributed by atoms with Gasteiger partial charge in [0.15, 0.2) is 0 Å². The largest absolute Gasteiger partial charge is 0.446 e. The molecule has 2 heterocycles. The van der Waals surface area contributed by atoms with E-state index >= 15 is 0 Å². The molecule has 2 aliphatic heterocycles. The molecule has 0 aromatic heterocycles. The first kappa shape index (κ1) is 8.41. The Bertz CT molecular complexity index is 240. The molecule has 2 fully saturated rings. The summed E-state index contributed by atoms with van der Waals surface area (Å²) in [5.41, 5.74) is 1.03. The van der Waals surface area contributed by atoms with E-state index in [2.05, 4.69) is 6.58 Å². The van der Waals surface area contributed by atoms with Gasteiger partial charge in [-0.05, 0) is 19.3 Å². The maximum Gasteiger partial charge on any atom is 0.428 e. The monoisotopic (exact) mass is 182 g/mol. The van der Waals surface area contributed by atoms with Gasteiger partial charge in [0.2, 0.25) is 0 Å². The SMILES string of the molecule is C=C1CCCCN1N1CCOC1=O. The van der Waals surface area contributed by atoms with E-state index < -0.39 is 0 Å².